The number of hydrogen-bond acceptors (Lipinski definition) is 6. The van der Waals surface area contributed by atoms with Crippen LogP contribution in [0.3, 0.4) is 0 Å². The van der Waals surface area contributed by atoms with Crippen LogP contribution in [0.2, 0.25) is 0 Å². The van der Waals surface area contributed by atoms with Crippen LogP contribution in [-0.4, -0.2) is 25.7 Å². The van der Waals surface area contributed by atoms with Crippen molar-refractivity contribution >= 4 is 44.9 Å². The van der Waals surface area contributed by atoms with Crippen molar-refractivity contribution in [3.63, 3.8) is 0 Å². The zero-order chi connectivity index (χ0) is 19.3. The van der Waals surface area contributed by atoms with Gasteiger partial charge in [-0.15, -0.1) is 21.5 Å². The number of nitrogens with zero attached hydrogens (tertiary/aromatic N) is 4. The van der Waals surface area contributed by atoms with Crippen LogP contribution in [0.25, 0.3) is 10.2 Å². The molecule has 0 aliphatic heterocycles. The zero-order valence-electron chi connectivity index (χ0n) is 15.3. The molecule has 0 aliphatic carbocycles. The van der Waals surface area contributed by atoms with Gasteiger partial charge in [0, 0.05) is 24.1 Å². The second kappa shape index (κ2) is 8.53. The molecule has 4 rings (SSSR count). The molecular weight excluding hydrogens is 390 g/mol. The number of carbonyl (C=O) groups excluding carboxylic acids is 1. The average Bonchev–Trinajstić information content (AvgIpc) is 3.29. The maximum absolute atomic E-state index is 12.2. The van der Waals surface area contributed by atoms with Crippen molar-refractivity contribution in [2.75, 3.05) is 5.32 Å². The molecule has 142 valence electrons. The first-order valence-corrected chi connectivity index (χ1v) is 10.6. The van der Waals surface area contributed by atoms with Gasteiger partial charge in [-0.05, 0) is 61.0 Å². The molecule has 0 fully saturated rings. The Labute approximate surface area is 171 Å². The molecule has 0 spiro atoms. The van der Waals surface area contributed by atoms with Gasteiger partial charge in [0.25, 0.3) is 0 Å². The summed E-state index contributed by atoms with van der Waals surface area (Å²) < 4.78 is 3.06. The van der Waals surface area contributed by atoms with Crippen LogP contribution in [-0.2, 0) is 18.3 Å². The van der Waals surface area contributed by atoms with Gasteiger partial charge in [0.15, 0.2) is 5.16 Å². The number of carbonyl (C=O) groups is 1. The molecule has 6 nitrogen and oxygen atoms in total. The Kier molecular flexibility index (Phi) is 5.68. The van der Waals surface area contributed by atoms with Gasteiger partial charge in [-0.2, -0.15) is 0 Å². The smallest absolute Gasteiger partial charge is 0.224 e. The molecule has 28 heavy (non-hydrogen) atoms. The molecule has 0 saturated heterocycles. The molecule has 0 aliphatic rings. The molecule has 0 saturated carbocycles. The van der Waals surface area contributed by atoms with E-state index in [2.05, 4.69) is 26.6 Å². The monoisotopic (exact) mass is 409 g/mol. The lowest BCUT2D eigenvalue weighted by atomic mass is 10.2. The number of para-hydroxylation sites is 1. The number of benzene rings is 2. The molecule has 0 atom stereocenters. The molecule has 1 N–H and O–H groups in total. The number of rotatable bonds is 7. The highest BCUT2D eigenvalue weighted by molar-refractivity contribution is 7.99. The Morgan fingerprint density at radius 1 is 1.18 bits per heavy atom. The Morgan fingerprint density at radius 2 is 2.00 bits per heavy atom. The van der Waals surface area contributed by atoms with Crippen molar-refractivity contribution < 1.29 is 4.79 Å². The fourth-order valence-electron chi connectivity index (χ4n) is 2.73. The van der Waals surface area contributed by atoms with E-state index in [9.17, 15) is 4.79 Å². The number of aryl methyl sites for hydroxylation is 2. The third-order valence-electron chi connectivity index (χ3n) is 4.15. The van der Waals surface area contributed by atoms with E-state index in [1.165, 1.54) is 16.5 Å². The molecule has 2 aromatic heterocycles. The first-order valence-electron chi connectivity index (χ1n) is 8.93. The second-order valence-electron chi connectivity index (χ2n) is 6.33. The highest BCUT2D eigenvalue weighted by Crippen LogP contribution is 2.26. The number of amides is 1. The normalized spacial score (nSPS) is 11.0. The maximum atomic E-state index is 12.2. The van der Waals surface area contributed by atoms with Crippen LogP contribution < -0.4 is 5.32 Å². The molecule has 8 heteroatoms. The second-order valence-corrected chi connectivity index (χ2v) is 8.48. The van der Waals surface area contributed by atoms with E-state index in [-0.39, 0.29) is 5.91 Å². The fraction of sp³-hybridized carbons (Fsp3) is 0.200. The summed E-state index contributed by atoms with van der Waals surface area (Å²) in [6, 6.07) is 15.9. The van der Waals surface area contributed by atoms with Crippen molar-refractivity contribution in [1.29, 1.82) is 0 Å². The SMILES string of the molecule is Cn1cnnc1Sc1ccc(NC(=O)CCCc2nc3ccccc3s2)cc1. The lowest BCUT2D eigenvalue weighted by Gasteiger charge is -2.06. The summed E-state index contributed by atoms with van der Waals surface area (Å²) in [5, 5.41) is 12.8. The number of aromatic nitrogens is 4. The van der Waals surface area contributed by atoms with Crippen LogP contribution in [0.4, 0.5) is 5.69 Å². The van der Waals surface area contributed by atoms with E-state index in [4.69, 9.17) is 0 Å². The van der Waals surface area contributed by atoms with Crippen molar-refractivity contribution in [2.24, 2.45) is 7.05 Å². The minimum Gasteiger partial charge on any atom is -0.326 e. The minimum absolute atomic E-state index is 0.0230. The number of fused-ring (bicyclic) bond motifs is 1. The van der Waals surface area contributed by atoms with Crippen molar-refractivity contribution in [3.05, 3.63) is 59.9 Å². The van der Waals surface area contributed by atoms with Gasteiger partial charge in [0.05, 0.1) is 15.2 Å². The molecule has 0 radical (unpaired) electrons. The molecule has 4 aromatic rings. The van der Waals surface area contributed by atoms with Crippen LogP contribution in [0.15, 0.2) is 64.9 Å². The molecule has 1 amide bonds. The maximum Gasteiger partial charge on any atom is 0.224 e. The standard InChI is InChI=1S/C20H19N5OS2/c1-25-13-21-24-20(25)27-15-11-9-14(10-12-15)22-18(26)7-4-8-19-23-16-5-2-3-6-17(16)28-19/h2-3,5-6,9-13H,4,7-8H2,1H3,(H,22,26). The summed E-state index contributed by atoms with van der Waals surface area (Å²) in [6.45, 7) is 0. The van der Waals surface area contributed by atoms with E-state index in [0.29, 0.717) is 6.42 Å². The van der Waals surface area contributed by atoms with Gasteiger partial charge in [0.2, 0.25) is 5.91 Å². The summed E-state index contributed by atoms with van der Waals surface area (Å²) in [6.07, 6.45) is 3.75. The van der Waals surface area contributed by atoms with Crippen LogP contribution in [0.5, 0.6) is 0 Å². The lowest BCUT2D eigenvalue weighted by molar-refractivity contribution is -0.116. The molecular formula is C20H19N5OS2. The minimum atomic E-state index is 0.0230. The van der Waals surface area contributed by atoms with Crippen molar-refractivity contribution in [2.45, 2.75) is 29.3 Å². The molecule has 0 unspecified atom stereocenters. The summed E-state index contributed by atoms with van der Waals surface area (Å²) in [7, 11) is 1.91. The van der Waals surface area contributed by atoms with Crippen LogP contribution >= 0.6 is 23.1 Å². The Morgan fingerprint density at radius 3 is 2.75 bits per heavy atom. The largest absolute Gasteiger partial charge is 0.326 e. The van der Waals surface area contributed by atoms with Gasteiger partial charge in [0.1, 0.15) is 6.33 Å². The fourth-order valence-corrected chi connectivity index (χ4v) is 4.50. The Hall–Kier alpha value is -2.71. The number of hydrogen-bond donors (Lipinski definition) is 1. The van der Waals surface area contributed by atoms with Crippen LogP contribution in [0, 0.1) is 0 Å². The number of thiazole rings is 1. The quantitative estimate of drug-likeness (QED) is 0.485. The number of nitrogens with one attached hydrogen (secondary N) is 1. The first-order chi connectivity index (χ1) is 13.7. The van der Waals surface area contributed by atoms with Crippen molar-refractivity contribution in [1.82, 2.24) is 19.7 Å². The van der Waals surface area contributed by atoms with Gasteiger partial charge < -0.3 is 9.88 Å². The van der Waals surface area contributed by atoms with E-state index in [1.807, 2.05) is 54.1 Å². The van der Waals surface area contributed by atoms with Gasteiger partial charge in [-0.25, -0.2) is 4.98 Å². The van der Waals surface area contributed by atoms with Crippen molar-refractivity contribution in [3.8, 4) is 0 Å². The summed E-state index contributed by atoms with van der Waals surface area (Å²) >= 11 is 3.23. The third kappa shape index (κ3) is 4.58. The summed E-state index contributed by atoms with van der Waals surface area (Å²) in [5.41, 5.74) is 1.83. The Balaban J connectivity index is 1.26. The van der Waals surface area contributed by atoms with E-state index in [0.717, 1.165) is 39.1 Å². The number of anilines is 1. The van der Waals surface area contributed by atoms with E-state index < -0.39 is 0 Å². The first kappa shape index (κ1) is 18.6. The molecule has 2 heterocycles. The lowest BCUT2D eigenvalue weighted by Crippen LogP contribution is -2.11. The summed E-state index contributed by atoms with van der Waals surface area (Å²) in [4.78, 5) is 17.9. The van der Waals surface area contributed by atoms with E-state index >= 15 is 0 Å². The van der Waals surface area contributed by atoms with Gasteiger partial charge >= 0.3 is 0 Å². The predicted molar refractivity (Wildman–Crippen MR) is 113 cm³/mol. The molecule has 2 aromatic carbocycles. The van der Waals surface area contributed by atoms with Crippen LogP contribution in [0.1, 0.15) is 17.8 Å². The third-order valence-corrected chi connectivity index (χ3v) is 6.31. The summed E-state index contributed by atoms with van der Waals surface area (Å²) in [5.74, 6) is 0.0230. The highest BCUT2D eigenvalue weighted by atomic mass is 32.2. The zero-order valence-corrected chi connectivity index (χ0v) is 17.0. The van der Waals surface area contributed by atoms with Gasteiger partial charge in [-0.3, -0.25) is 4.79 Å². The van der Waals surface area contributed by atoms with Gasteiger partial charge in [-0.1, -0.05) is 12.1 Å². The average molecular weight is 410 g/mol. The molecule has 0 bridgehead atoms. The Bertz CT molecular complexity index is 1050. The highest BCUT2D eigenvalue weighted by Gasteiger charge is 2.07. The topological polar surface area (TPSA) is 72.7 Å². The van der Waals surface area contributed by atoms with E-state index in [1.54, 1.807) is 17.7 Å². The predicted octanol–water partition coefficient (Wildman–Crippen LogP) is 4.54.